The lowest BCUT2D eigenvalue weighted by atomic mass is 9.64. The summed E-state index contributed by atoms with van der Waals surface area (Å²) >= 11 is 0. The number of nitrogens with zero attached hydrogens (tertiary/aromatic N) is 2. The van der Waals surface area contributed by atoms with Gasteiger partial charge in [-0.1, -0.05) is 48.0 Å². The lowest BCUT2D eigenvalue weighted by Crippen LogP contribution is -2.50. The van der Waals surface area contributed by atoms with Crippen molar-refractivity contribution in [1.82, 2.24) is 10.4 Å². The van der Waals surface area contributed by atoms with E-state index in [1.54, 1.807) is 24.5 Å². The zero-order valence-corrected chi connectivity index (χ0v) is 15.0. The number of nitrogens with one attached hydrogen (secondary N) is 1. The number of hydrogen-bond donors (Lipinski definition) is 2. The van der Waals surface area contributed by atoms with Gasteiger partial charge in [0.25, 0.3) is 5.91 Å². The highest BCUT2D eigenvalue weighted by Crippen LogP contribution is 2.47. The molecular formula is C21H21N3O3. The maximum Gasteiger partial charge on any atom is 0.320 e. The van der Waals surface area contributed by atoms with Crippen LogP contribution in [0, 0.1) is 5.41 Å². The number of carbonyl (C=O) groups excluding carboxylic acids is 1. The standard InChI is InChI=1S/C21H21N3O3/c1-15-9-10-21(20(26)27,18(12-15)17-7-3-2-4-8-17)19(25)24-23-14-16-6-5-11-22-13-16/h2-9,11,13-14,18H,10,12H2,1H3,(H,24,25)(H,26,27)/b23-14-/t18-,21-/m0/s1. The molecule has 138 valence electrons. The van der Waals surface area contributed by atoms with Crippen LogP contribution < -0.4 is 5.43 Å². The maximum atomic E-state index is 13.0. The smallest absolute Gasteiger partial charge is 0.320 e. The zero-order chi connectivity index (χ0) is 19.3. The molecule has 2 N–H and O–H groups in total. The number of carbonyl (C=O) groups is 2. The van der Waals surface area contributed by atoms with Crippen LogP contribution in [0.25, 0.3) is 0 Å². The second-order valence-corrected chi connectivity index (χ2v) is 6.68. The highest BCUT2D eigenvalue weighted by atomic mass is 16.4. The van der Waals surface area contributed by atoms with Crippen LogP contribution in [0.4, 0.5) is 0 Å². The minimum absolute atomic E-state index is 0.127. The van der Waals surface area contributed by atoms with Crippen molar-refractivity contribution in [2.45, 2.75) is 25.7 Å². The SMILES string of the molecule is CC1=CC[C@@](C(=O)O)(C(=O)N/N=C\c2cccnc2)[C@H](c2ccccc2)C1. The normalized spacial score (nSPS) is 22.3. The topological polar surface area (TPSA) is 91.6 Å². The molecule has 0 saturated carbocycles. The second-order valence-electron chi connectivity index (χ2n) is 6.68. The Hall–Kier alpha value is -3.28. The molecule has 1 amide bonds. The molecule has 1 aromatic heterocycles. The van der Waals surface area contributed by atoms with E-state index in [4.69, 9.17) is 0 Å². The number of benzene rings is 1. The number of hydrazone groups is 1. The lowest BCUT2D eigenvalue weighted by Gasteiger charge is -2.38. The summed E-state index contributed by atoms with van der Waals surface area (Å²) in [5.41, 5.74) is 3.44. The number of carboxylic acids is 1. The molecule has 0 spiro atoms. The first-order valence-corrected chi connectivity index (χ1v) is 8.71. The van der Waals surface area contributed by atoms with Crippen molar-refractivity contribution in [3.63, 3.8) is 0 Å². The summed E-state index contributed by atoms with van der Waals surface area (Å²) in [6, 6.07) is 12.9. The summed E-state index contributed by atoms with van der Waals surface area (Å²) in [7, 11) is 0. The Morgan fingerprint density at radius 3 is 2.70 bits per heavy atom. The molecule has 0 saturated heterocycles. The molecule has 0 unspecified atom stereocenters. The van der Waals surface area contributed by atoms with Crippen LogP contribution in [0.3, 0.4) is 0 Å². The maximum absolute atomic E-state index is 13.0. The molecule has 6 heteroatoms. The highest BCUT2D eigenvalue weighted by Gasteiger charge is 2.53. The largest absolute Gasteiger partial charge is 0.480 e. The number of amides is 1. The van der Waals surface area contributed by atoms with Gasteiger partial charge in [-0.3, -0.25) is 14.6 Å². The fourth-order valence-corrected chi connectivity index (χ4v) is 3.45. The number of aliphatic carboxylic acids is 1. The molecule has 0 bridgehead atoms. The van der Waals surface area contributed by atoms with Crippen LogP contribution in [0.5, 0.6) is 0 Å². The molecule has 2 atom stereocenters. The van der Waals surface area contributed by atoms with Gasteiger partial charge in [0.2, 0.25) is 0 Å². The first-order chi connectivity index (χ1) is 13.0. The van der Waals surface area contributed by atoms with Crippen molar-refractivity contribution in [3.05, 3.63) is 77.6 Å². The Balaban J connectivity index is 1.91. The van der Waals surface area contributed by atoms with Gasteiger partial charge in [0.15, 0.2) is 5.41 Å². The molecule has 2 aromatic rings. The third-order valence-electron chi connectivity index (χ3n) is 4.95. The van der Waals surface area contributed by atoms with Crippen molar-refractivity contribution >= 4 is 18.1 Å². The van der Waals surface area contributed by atoms with Crippen LogP contribution in [0.1, 0.15) is 36.8 Å². The van der Waals surface area contributed by atoms with Crippen LogP contribution in [0.15, 0.2) is 71.6 Å². The van der Waals surface area contributed by atoms with Crippen LogP contribution in [-0.2, 0) is 9.59 Å². The molecule has 0 aliphatic heterocycles. The molecule has 1 aliphatic rings. The number of pyridine rings is 1. The van der Waals surface area contributed by atoms with E-state index in [2.05, 4.69) is 15.5 Å². The van der Waals surface area contributed by atoms with Gasteiger partial charge in [-0.15, -0.1) is 0 Å². The van der Waals surface area contributed by atoms with E-state index in [-0.39, 0.29) is 6.42 Å². The summed E-state index contributed by atoms with van der Waals surface area (Å²) in [4.78, 5) is 29.2. The van der Waals surface area contributed by atoms with Crippen molar-refractivity contribution in [2.75, 3.05) is 0 Å². The third-order valence-corrected chi connectivity index (χ3v) is 4.95. The fraction of sp³-hybridized carbons (Fsp3) is 0.238. The average molecular weight is 363 g/mol. The molecule has 3 rings (SSSR count). The van der Waals surface area contributed by atoms with Gasteiger partial charge in [0.1, 0.15) is 0 Å². The lowest BCUT2D eigenvalue weighted by molar-refractivity contribution is -0.158. The predicted molar refractivity (Wildman–Crippen MR) is 102 cm³/mol. The second kappa shape index (κ2) is 7.95. The molecule has 27 heavy (non-hydrogen) atoms. The number of rotatable bonds is 5. The van der Waals surface area contributed by atoms with Gasteiger partial charge in [0, 0.05) is 23.9 Å². The Bertz CT molecular complexity index is 878. The minimum atomic E-state index is -1.60. The van der Waals surface area contributed by atoms with Crippen LogP contribution in [0.2, 0.25) is 0 Å². The summed E-state index contributed by atoms with van der Waals surface area (Å²) < 4.78 is 0. The first kappa shape index (κ1) is 18.5. The van der Waals surface area contributed by atoms with E-state index >= 15 is 0 Å². The number of hydrogen-bond acceptors (Lipinski definition) is 4. The molecule has 1 aliphatic carbocycles. The predicted octanol–water partition coefficient (Wildman–Crippen LogP) is 3.13. The van der Waals surface area contributed by atoms with Crippen molar-refractivity contribution in [1.29, 1.82) is 0 Å². The quantitative estimate of drug-likeness (QED) is 0.369. The van der Waals surface area contributed by atoms with E-state index in [0.29, 0.717) is 12.0 Å². The number of carboxylic acid groups (broad SMARTS) is 1. The molecule has 6 nitrogen and oxygen atoms in total. The van der Waals surface area contributed by atoms with E-state index in [9.17, 15) is 14.7 Å². The fourth-order valence-electron chi connectivity index (χ4n) is 3.45. The minimum Gasteiger partial charge on any atom is -0.480 e. The van der Waals surface area contributed by atoms with Gasteiger partial charge in [-0.2, -0.15) is 5.10 Å². The summed E-state index contributed by atoms with van der Waals surface area (Å²) in [5, 5.41) is 14.0. The van der Waals surface area contributed by atoms with Gasteiger partial charge >= 0.3 is 5.97 Å². The van der Waals surface area contributed by atoms with Crippen molar-refractivity contribution in [2.24, 2.45) is 10.5 Å². The van der Waals surface area contributed by atoms with Gasteiger partial charge in [0.05, 0.1) is 6.21 Å². The Labute approximate surface area is 157 Å². The number of aromatic nitrogens is 1. The Kier molecular flexibility index (Phi) is 5.45. The summed E-state index contributed by atoms with van der Waals surface area (Å²) in [5.74, 6) is -2.23. The molecule has 0 radical (unpaired) electrons. The Morgan fingerprint density at radius 2 is 2.04 bits per heavy atom. The third kappa shape index (κ3) is 3.79. The van der Waals surface area contributed by atoms with Crippen LogP contribution in [-0.4, -0.2) is 28.2 Å². The summed E-state index contributed by atoms with van der Waals surface area (Å²) in [6.07, 6.45) is 7.15. The molecule has 0 fully saturated rings. The summed E-state index contributed by atoms with van der Waals surface area (Å²) in [6.45, 7) is 1.96. The van der Waals surface area contributed by atoms with Crippen LogP contribution >= 0.6 is 0 Å². The molecule has 1 heterocycles. The molecular weight excluding hydrogens is 342 g/mol. The highest BCUT2D eigenvalue weighted by molar-refractivity contribution is 6.03. The van der Waals surface area contributed by atoms with Gasteiger partial charge in [-0.25, -0.2) is 5.43 Å². The van der Waals surface area contributed by atoms with E-state index in [0.717, 1.165) is 11.1 Å². The Morgan fingerprint density at radius 1 is 1.26 bits per heavy atom. The monoisotopic (exact) mass is 363 g/mol. The molecule has 1 aromatic carbocycles. The first-order valence-electron chi connectivity index (χ1n) is 8.71. The van der Waals surface area contributed by atoms with E-state index < -0.39 is 23.2 Å². The van der Waals surface area contributed by atoms with Gasteiger partial charge < -0.3 is 5.11 Å². The van der Waals surface area contributed by atoms with Gasteiger partial charge in [-0.05, 0) is 31.4 Å². The van der Waals surface area contributed by atoms with Crippen molar-refractivity contribution in [3.8, 4) is 0 Å². The van der Waals surface area contributed by atoms with E-state index in [1.165, 1.54) is 6.21 Å². The van der Waals surface area contributed by atoms with Crippen molar-refractivity contribution < 1.29 is 14.7 Å². The number of allylic oxidation sites excluding steroid dienone is 2. The average Bonchev–Trinajstić information content (AvgIpc) is 2.69. The zero-order valence-electron chi connectivity index (χ0n) is 15.0. The van der Waals surface area contributed by atoms with E-state index in [1.807, 2.05) is 43.3 Å².